The van der Waals surface area contributed by atoms with E-state index in [0.717, 1.165) is 35.7 Å². The van der Waals surface area contributed by atoms with Crippen LogP contribution in [-0.2, 0) is 17.8 Å². The molecule has 0 bridgehead atoms. The predicted molar refractivity (Wildman–Crippen MR) is 74.9 cm³/mol. The van der Waals surface area contributed by atoms with Gasteiger partial charge < -0.3 is 10.3 Å². The molecule has 0 spiro atoms. The van der Waals surface area contributed by atoms with Crippen LogP contribution in [0.1, 0.15) is 37.1 Å². The van der Waals surface area contributed by atoms with Crippen LogP contribution in [0.4, 0.5) is 0 Å². The highest BCUT2D eigenvalue weighted by atomic mass is 16.2. The summed E-state index contributed by atoms with van der Waals surface area (Å²) in [5.41, 5.74) is 2.15. The van der Waals surface area contributed by atoms with Crippen molar-refractivity contribution in [2.24, 2.45) is 17.8 Å². The molecule has 1 aromatic heterocycles. The maximum atomic E-state index is 12.3. The zero-order valence-corrected chi connectivity index (χ0v) is 11.7. The highest BCUT2D eigenvalue weighted by Crippen LogP contribution is 2.48. The fourth-order valence-electron chi connectivity index (χ4n) is 3.46. The van der Waals surface area contributed by atoms with Crippen molar-refractivity contribution in [2.75, 3.05) is 6.54 Å². The smallest absolute Gasteiger partial charge is 0.237 e. The molecule has 0 aromatic carbocycles. The van der Waals surface area contributed by atoms with Gasteiger partial charge in [0.05, 0.1) is 23.8 Å². The molecule has 0 radical (unpaired) electrons. The number of carbonyl (C=O) groups excluding carboxylic acids is 1. The molecule has 1 aromatic rings. The first-order valence-electron chi connectivity index (χ1n) is 7.83. The maximum Gasteiger partial charge on any atom is 0.237 e. The maximum absolute atomic E-state index is 12.3. The normalized spacial score (nSPS) is 25.6. The van der Waals surface area contributed by atoms with Crippen LogP contribution >= 0.6 is 0 Å². The van der Waals surface area contributed by atoms with Crippen molar-refractivity contribution in [1.82, 2.24) is 20.6 Å². The number of hydrogen-bond acceptors (Lipinski definition) is 3. The zero-order chi connectivity index (χ0) is 13.5. The minimum Gasteiger partial charge on any atom is -0.354 e. The Hall–Kier alpha value is -1.36. The van der Waals surface area contributed by atoms with E-state index in [1.54, 1.807) is 6.33 Å². The predicted octanol–water partition coefficient (Wildman–Crippen LogP) is 0.976. The average molecular weight is 274 g/mol. The standard InChI is InChI=1S/C15H22N4O/c20-15(13-5-12-14(7-16-13)19-8-18-12)17-6-11(9-1-2-9)10-3-4-10/h8-11,13,16H,1-7H2,(H,17,20)(H,18,19). The van der Waals surface area contributed by atoms with E-state index < -0.39 is 0 Å². The average Bonchev–Trinajstić information content (AvgIpc) is 3.38. The van der Waals surface area contributed by atoms with E-state index in [9.17, 15) is 4.79 Å². The molecule has 1 atom stereocenters. The van der Waals surface area contributed by atoms with Gasteiger partial charge in [0.15, 0.2) is 0 Å². The Kier molecular flexibility index (Phi) is 3.02. The van der Waals surface area contributed by atoms with E-state index in [2.05, 4.69) is 20.6 Å². The third-order valence-electron chi connectivity index (χ3n) is 5.01. The summed E-state index contributed by atoms with van der Waals surface area (Å²) >= 11 is 0. The summed E-state index contributed by atoms with van der Waals surface area (Å²) in [5, 5.41) is 6.47. The van der Waals surface area contributed by atoms with E-state index in [1.165, 1.54) is 25.7 Å². The Morgan fingerprint density at radius 3 is 2.80 bits per heavy atom. The van der Waals surface area contributed by atoms with E-state index in [-0.39, 0.29) is 11.9 Å². The number of hydrogen-bond donors (Lipinski definition) is 3. The van der Waals surface area contributed by atoms with Crippen LogP contribution < -0.4 is 10.6 Å². The van der Waals surface area contributed by atoms with Gasteiger partial charge in [-0.15, -0.1) is 0 Å². The second kappa shape index (κ2) is 4.88. The fraction of sp³-hybridized carbons (Fsp3) is 0.733. The molecule has 2 aliphatic carbocycles. The Labute approximate surface area is 118 Å². The summed E-state index contributed by atoms with van der Waals surface area (Å²) in [7, 11) is 0. The van der Waals surface area contributed by atoms with E-state index in [4.69, 9.17) is 0 Å². The summed E-state index contributed by atoms with van der Waals surface area (Å²) < 4.78 is 0. The van der Waals surface area contributed by atoms with Crippen LogP contribution in [0.5, 0.6) is 0 Å². The lowest BCUT2D eigenvalue weighted by molar-refractivity contribution is -0.123. The zero-order valence-electron chi connectivity index (χ0n) is 11.7. The van der Waals surface area contributed by atoms with Gasteiger partial charge in [-0.25, -0.2) is 4.98 Å². The van der Waals surface area contributed by atoms with Gasteiger partial charge in [-0.3, -0.25) is 10.1 Å². The molecular weight excluding hydrogens is 252 g/mol. The number of nitrogens with zero attached hydrogens (tertiary/aromatic N) is 1. The molecule has 2 saturated carbocycles. The largest absolute Gasteiger partial charge is 0.354 e. The minimum atomic E-state index is -0.121. The van der Waals surface area contributed by atoms with E-state index >= 15 is 0 Å². The lowest BCUT2D eigenvalue weighted by atomic mass is 9.97. The molecule has 5 nitrogen and oxygen atoms in total. The minimum absolute atomic E-state index is 0.121. The molecule has 2 fully saturated rings. The molecule has 3 N–H and O–H groups in total. The first-order valence-corrected chi connectivity index (χ1v) is 7.83. The molecule has 0 saturated heterocycles. The molecule has 2 heterocycles. The van der Waals surface area contributed by atoms with Crippen molar-refractivity contribution in [3.8, 4) is 0 Å². The number of amides is 1. The number of rotatable bonds is 5. The van der Waals surface area contributed by atoms with E-state index in [0.29, 0.717) is 13.0 Å². The van der Waals surface area contributed by atoms with Gasteiger partial charge in [-0.05, 0) is 43.4 Å². The van der Waals surface area contributed by atoms with E-state index in [1.807, 2.05) is 0 Å². The Morgan fingerprint density at radius 1 is 1.35 bits per heavy atom. The number of aromatic amines is 1. The van der Waals surface area contributed by atoms with Gasteiger partial charge in [0.2, 0.25) is 5.91 Å². The number of imidazole rings is 1. The summed E-state index contributed by atoms with van der Waals surface area (Å²) in [4.78, 5) is 19.7. The molecule has 108 valence electrons. The Balaban J connectivity index is 1.32. The molecule has 3 aliphatic rings. The number of aromatic nitrogens is 2. The first kappa shape index (κ1) is 12.4. The summed E-state index contributed by atoms with van der Waals surface area (Å²) in [5.74, 6) is 2.66. The lowest BCUT2D eigenvalue weighted by Gasteiger charge is -2.24. The van der Waals surface area contributed by atoms with Gasteiger partial charge in [0.1, 0.15) is 0 Å². The van der Waals surface area contributed by atoms with Crippen molar-refractivity contribution < 1.29 is 4.79 Å². The Bertz CT molecular complexity index is 492. The van der Waals surface area contributed by atoms with Gasteiger partial charge in [-0.1, -0.05) is 0 Å². The van der Waals surface area contributed by atoms with Crippen LogP contribution in [0.2, 0.25) is 0 Å². The number of fused-ring (bicyclic) bond motifs is 1. The fourth-order valence-corrected chi connectivity index (χ4v) is 3.46. The molecular formula is C15H22N4O. The van der Waals surface area contributed by atoms with Gasteiger partial charge in [0.25, 0.3) is 0 Å². The van der Waals surface area contributed by atoms with Gasteiger partial charge >= 0.3 is 0 Å². The topological polar surface area (TPSA) is 69.8 Å². The van der Waals surface area contributed by atoms with Crippen molar-refractivity contribution in [1.29, 1.82) is 0 Å². The van der Waals surface area contributed by atoms with Crippen LogP contribution in [0.3, 0.4) is 0 Å². The molecule has 4 rings (SSSR count). The third-order valence-corrected chi connectivity index (χ3v) is 5.01. The van der Waals surface area contributed by atoms with Gasteiger partial charge in [0, 0.05) is 19.5 Å². The first-order chi connectivity index (χ1) is 9.81. The number of carbonyl (C=O) groups is 1. The lowest BCUT2D eigenvalue weighted by Crippen LogP contribution is -2.48. The SMILES string of the molecule is O=C(NCC(C1CC1)C1CC1)C1Cc2nc[nH]c2CN1. The third kappa shape index (κ3) is 2.46. The van der Waals surface area contributed by atoms with Crippen LogP contribution in [0.15, 0.2) is 6.33 Å². The van der Waals surface area contributed by atoms with Crippen molar-refractivity contribution in [3.05, 3.63) is 17.7 Å². The molecule has 5 heteroatoms. The van der Waals surface area contributed by atoms with Crippen molar-refractivity contribution in [2.45, 2.75) is 44.7 Å². The number of nitrogens with one attached hydrogen (secondary N) is 3. The van der Waals surface area contributed by atoms with Crippen LogP contribution in [0, 0.1) is 17.8 Å². The quantitative estimate of drug-likeness (QED) is 0.749. The van der Waals surface area contributed by atoms with Crippen LogP contribution in [0.25, 0.3) is 0 Å². The molecule has 20 heavy (non-hydrogen) atoms. The highest BCUT2D eigenvalue weighted by Gasteiger charge is 2.41. The van der Waals surface area contributed by atoms with Crippen molar-refractivity contribution >= 4 is 5.91 Å². The Morgan fingerprint density at radius 2 is 2.10 bits per heavy atom. The molecule has 1 unspecified atom stereocenters. The van der Waals surface area contributed by atoms with Gasteiger partial charge in [-0.2, -0.15) is 0 Å². The summed E-state index contributed by atoms with van der Waals surface area (Å²) in [6.07, 6.45) is 7.89. The monoisotopic (exact) mass is 274 g/mol. The second-order valence-corrected chi connectivity index (χ2v) is 6.55. The molecule has 1 amide bonds. The summed E-state index contributed by atoms with van der Waals surface area (Å²) in [6, 6.07) is -0.121. The second-order valence-electron chi connectivity index (χ2n) is 6.55. The molecule has 1 aliphatic heterocycles. The highest BCUT2D eigenvalue weighted by molar-refractivity contribution is 5.82. The summed E-state index contributed by atoms with van der Waals surface area (Å²) in [6.45, 7) is 1.59. The number of H-pyrrole nitrogens is 1. The van der Waals surface area contributed by atoms with Crippen molar-refractivity contribution in [3.63, 3.8) is 0 Å². The van der Waals surface area contributed by atoms with Crippen LogP contribution in [-0.4, -0.2) is 28.5 Å².